The lowest BCUT2D eigenvalue weighted by Crippen LogP contribution is -2.41. The molecule has 0 bridgehead atoms. The average molecular weight is 455 g/mol. The third kappa shape index (κ3) is 3.81. The summed E-state index contributed by atoms with van der Waals surface area (Å²) in [5.41, 5.74) is 2.30. The van der Waals surface area contributed by atoms with Crippen molar-refractivity contribution in [3.63, 3.8) is 0 Å². The molecule has 1 N–H and O–H groups in total. The minimum absolute atomic E-state index is 0.0898. The highest BCUT2D eigenvalue weighted by Crippen LogP contribution is 2.34. The lowest BCUT2D eigenvalue weighted by Gasteiger charge is -2.31. The number of likely N-dealkylation sites (tertiary alicyclic amines) is 1. The molecule has 10 heteroatoms. The molecule has 1 aromatic carbocycles. The van der Waals surface area contributed by atoms with E-state index < -0.39 is 11.6 Å². The normalized spacial score (nSPS) is 14.8. The number of carbonyl (C=O) groups excluding carboxylic acids is 1. The second-order valence-electron chi connectivity index (χ2n) is 7.68. The summed E-state index contributed by atoms with van der Waals surface area (Å²) in [6, 6.07) is 5.69. The minimum Gasteiger partial charge on any atom is -0.351 e. The van der Waals surface area contributed by atoms with Crippen LogP contribution in [0.5, 0.6) is 0 Å². The van der Waals surface area contributed by atoms with E-state index in [1.165, 1.54) is 17.4 Å². The molecular formula is C22H20F2N6OS. The predicted octanol–water partition coefficient (Wildman–Crippen LogP) is 4.22. The number of amides is 1. The monoisotopic (exact) mass is 454 g/mol. The Morgan fingerprint density at radius 3 is 2.72 bits per heavy atom. The molecule has 1 aliphatic rings. The number of anilines is 1. The Morgan fingerprint density at radius 2 is 1.97 bits per heavy atom. The first-order chi connectivity index (χ1) is 15.5. The molecule has 0 atom stereocenters. The number of hydrogen-bond acceptors (Lipinski definition) is 6. The lowest BCUT2D eigenvalue weighted by atomic mass is 10.1. The largest absolute Gasteiger partial charge is 0.351 e. The maximum atomic E-state index is 13.9. The molecule has 0 saturated carbocycles. The van der Waals surface area contributed by atoms with Gasteiger partial charge in [0.2, 0.25) is 11.9 Å². The van der Waals surface area contributed by atoms with Crippen molar-refractivity contribution < 1.29 is 13.6 Å². The number of piperidine rings is 1. The zero-order valence-corrected chi connectivity index (χ0v) is 18.1. The van der Waals surface area contributed by atoms with Gasteiger partial charge in [0.15, 0.2) is 16.6 Å². The van der Waals surface area contributed by atoms with Crippen LogP contribution in [-0.2, 0) is 4.79 Å². The van der Waals surface area contributed by atoms with E-state index in [0.29, 0.717) is 41.7 Å². The summed E-state index contributed by atoms with van der Waals surface area (Å²) >= 11 is 1.45. The number of nitrogens with one attached hydrogen (secondary N) is 1. The summed E-state index contributed by atoms with van der Waals surface area (Å²) in [4.78, 5) is 27.8. The Hall–Kier alpha value is -3.40. The number of nitrogens with zero attached hydrogens (tertiary/aromatic N) is 5. The van der Waals surface area contributed by atoms with Gasteiger partial charge in [-0.15, -0.1) is 11.3 Å². The van der Waals surface area contributed by atoms with Crippen LogP contribution in [0.15, 0.2) is 42.0 Å². The van der Waals surface area contributed by atoms with Gasteiger partial charge in [0.05, 0.1) is 11.4 Å². The van der Waals surface area contributed by atoms with Crippen LogP contribution in [0.2, 0.25) is 0 Å². The third-order valence-electron chi connectivity index (χ3n) is 5.63. The Morgan fingerprint density at radius 1 is 1.16 bits per heavy atom. The van der Waals surface area contributed by atoms with Crippen molar-refractivity contribution in [2.45, 2.75) is 25.8 Å². The molecule has 1 amide bonds. The van der Waals surface area contributed by atoms with Gasteiger partial charge in [-0.05, 0) is 37.1 Å². The lowest BCUT2D eigenvalue weighted by molar-refractivity contribution is -0.129. The van der Waals surface area contributed by atoms with Crippen LogP contribution >= 0.6 is 11.3 Å². The molecular weight excluding hydrogens is 434 g/mol. The Balaban J connectivity index is 1.48. The first-order valence-corrected chi connectivity index (χ1v) is 11.1. The van der Waals surface area contributed by atoms with E-state index in [2.05, 4.69) is 15.3 Å². The number of aromatic nitrogens is 4. The molecule has 0 spiro atoms. The molecule has 5 rings (SSSR count). The fourth-order valence-electron chi connectivity index (χ4n) is 3.96. The summed E-state index contributed by atoms with van der Waals surface area (Å²) in [7, 11) is 0. The van der Waals surface area contributed by atoms with Gasteiger partial charge in [0, 0.05) is 49.4 Å². The van der Waals surface area contributed by atoms with Crippen LogP contribution in [0.4, 0.5) is 14.7 Å². The van der Waals surface area contributed by atoms with Gasteiger partial charge in [0.25, 0.3) is 0 Å². The SMILES string of the molecule is CC(=O)N1CCC(Nc2nccc(-c3c(-c4ccc(F)c(F)c4)nc4sccn34)n2)CC1. The molecule has 4 aromatic rings. The highest BCUT2D eigenvalue weighted by molar-refractivity contribution is 7.15. The van der Waals surface area contributed by atoms with Gasteiger partial charge in [-0.3, -0.25) is 9.20 Å². The number of carbonyl (C=O) groups is 1. The average Bonchev–Trinajstić information content (AvgIpc) is 3.37. The van der Waals surface area contributed by atoms with Gasteiger partial charge in [-0.25, -0.2) is 23.7 Å². The first kappa shape index (κ1) is 20.5. The van der Waals surface area contributed by atoms with E-state index in [9.17, 15) is 13.6 Å². The van der Waals surface area contributed by atoms with Crippen molar-refractivity contribution in [2.24, 2.45) is 0 Å². The van der Waals surface area contributed by atoms with Gasteiger partial charge < -0.3 is 10.2 Å². The molecule has 32 heavy (non-hydrogen) atoms. The van der Waals surface area contributed by atoms with Gasteiger partial charge in [0.1, 0.15) is 5.69 Å². The summed E-state index contributed by atoms with van der Waals surface area (Å²) in [5.74, 6) is -1.26. The minimum atomic E-state index is -0.924. The second-order valence-corrected chi connectivity index (χ2v) is 8.56. The van der Waals surface area contributed by atoms with Crippen molar-refractivity contribution in [3.8, 4) is 22.6 Å². The summed E-state index contributed by atoms with van der Waals surface area (Å²) in [6.07, 6.45) is 5.16. The molecule has 7 nitrogen and oxygen atoms in total. The van der Waals surface area contributed by atoms with Gasteiger partial charge in [-0.1, -0.05) is 0 Å². The zero-order chi connectivity index (χ0) is 22.2. The van der Waals surface area contributed by atoms with Crippen LogP contribution in [-0.4, -0.2) is 49.3 Å². The van der Waals surface area contributed by atoms with E-state index in [1.54, 1.807) is 19.2 Å². The molecule has 0 radical (unpaired) electrons. The summed E-state index contributed by atoms with van der Waals surface area (Å²) < 4.78 is 29.3. The maximum absolute atomic E-state index is 13.9. The Bertz CT molecular complexity index is 1290. The molecule has 3 aromatic heterocycles. The number of halogens is 2. The smallest absolute Gasteiger partial charge is 0.223 e. The fraction of sp³-hybridized carbons (Fsp3) is 0.273. The van der Waals surface area contributed by atoms with E-state index in [4.69, 9.17) is 4.98 Å². The van der Waals surface area contributed by atoms with E-state index >= 15 is 0 Å². The fourth-order valence-corrected chi connectivity index (χ4v) is 4.67. The van der Waals surface area contributed by atoms with Crippen molar-refractivity contribution >= 4 is 28.2 Å². The third-order valence-corrected chi connectivity index (χ3v) is 6.38. The Kier molecular flexibility index (Phi) is 5.30. The summed E-state index contributed by atoms with van der Waals surface area (Å²) in [6.45, 7) is 2.98. The first-order valence-electron chi connectivity index (χ1n) is 10.3. The molecule has 0 aliphatic carbocycles. The highest BCUT2D eigenvalue weighted by atomic mass is 32.1. The highest BCUT2D eigenvalue weighted by Gasteiger charge is 2.23. The molecule has 1 fully saturated rings. The number of hydrogen-bond donors (Lipinski definition) is 1. The van der Waals surface area contributed by atoms with Crippen molar-refractivity contribution in [3.05, 3.63) is 53.7 Å². The van der Waals surface area contributed by atoms with Crippen molar-refractivity contribution in [1.82, 2.24) is 24.3 Å². The van der Waals surface area contributed by atoms with Crippen LogP contribution < -0.4 is 5.32 Å². The van der Waals surface area contributed by atoms with Crippen LogP contribution in [0, 0.1) is 11.6 Å². The molecule has 4 heterocycles. The van der Waals surface area contributed by atoms with E-state index in [1.807, 2.05) is 20.9 Å². The van der Waals surface area contributed by atoms with E-state index in [-0.39, 0.29) is 11.9 Å². The maximum Gasteiger partial charge on any atom is 0.223 e. The molecule has 1 aliphatic heterocycles. The van der Waals surface area contributed by atoms with Crippen molar-refractivity contribution in [1.29, 1.82) is 0 Å². The number of thiazole rings is 1. The number of fused-ring (bicyclic) bond motifs is 1. The number of rotatable bonds is 4. The standard InChI is InChI=1S/C22H20F2N6OS/c1-13(31)29-8-5-15(6-9-29)26-21-25-7-4-18(27-21)20-19(28-22-30(20)10-11-32-22)14-2-3-16(23)17(24)12-14/h2-4,7,10-12,15H,5-6,8-9H2,1H3,(H,25,26,27). The predicted molar refractivity (Wildman–Crippen MR) is 118 cm³/mol. The van der Waals surface area contributed by atoms with Gasteiger partial charge >= 0.3 is 0 Å². The molecule has 0 unspecified atom stereocenters. The second kappa shape index (κ2) is 8.27. The van der Waals surface area contributed by atoms with Crippen LogP contribution in [0.25, 0.3) is 27.6 Å². The Labute approximate surface area is 186 Å². The zero-order valence-electron chi connectivity index (χ0n) is 17.3. The van der Waals surface area contributed by atoms with Crippen molar-refractivity contribution in [2.75, 3.05) is 18.4 Å². The topological polar surface area (TPSA) is 75.4 Å². The molecule has 1 saturated heterocycles. The van der Waals surface area contributed by atoms with Crippen LogP contribution in [0.1, 0.15) is 19.8 Å². The van der Waals surface area contributed by atoms with E-state index in [0.717, 1.165) is 29.9 Å². The van der Waals surface area contributed by atoms with Crippen LogP contribution in [0.3, 0.4) is 0 Å². The quantitative estimate of drug-likeness (QED) is 0.500. The summed E-state index contributed by atoms with van der Waals surface area (Å²) in [5, 5.41) is 5.27. The molecule has 164 valence electrons. The number of benzene rings is 1. The van der Waals surface area contributed by atoms with Gasteiger partial charge in [-0.2, -0.15) is 0 Å². The number of imidazole rings is 1.